The molecule has 2 aliphatic rings. The molecule has 2 aromatic rings. The van der Waals surface area contributed by atoms with Crippen molar-refractivity contribution in [3.05, 3.63) is 30.1 Å². The summed E-state index contributed by atoms with van der Waals surface area (Å²) in [5.74, 6) is 1.70. The van der Waals surface area contributed by atoms with E-state index in [0.29, 0.717) is 17.5 Å². The topological polar surface area (TPSA) is 85.2 Å². The molecule has 6 nitrogen and oxygen atoms in total. The van der Waals surface area contributed by atoms with Gasteiger partial charge < -0.3 is 15.2 Å². The average molecular weight is 372 g/mol. The van der Waals surface area contributed by atoms with Crippen LogP contribution in [0.2, 0.25) is 0 Å². The predicted octanol–water partition coefficient (Wildman–Crippen LogP) is 3.18. The third-order valence-electron chi connectivity index (χ3n) is 5.29. The molecule has 0 unspecified atom stereocenters. The van der Waals surface area contributed by atoms with E-state index in [1.165, 1.54) is 11.8 Å². The third-order valence-corrected chi connectivity index (χ3v) is 6.35. The van der Waals surface area contributed by atoms with Crippen molar-refractivity contribution < 1.29 is 9.32 Å². The van der Waals surface area contributed by atoms with Crippen molar-refractivity contribution in [3.63, 3.8) is 0 Å². The van der Waals surface area contributed by atoms with E-state index in [2.05, 4.69) is 10.1 Å². The van der Waals surface area contributed by atoms with Gasteiger partial charge in [0.1, 0.15) is 0 Å². The van der Waals surface area contributed by atoms with E-state index in [1.54, 1.807) is 0 Å². The van der Waals surface area contributed by atoms with Crippen LogP contribution in [0.15, 0.2) is 33.7 Å². The fraction of sp³-hybridized carbons (Fsp3) is 0.526. The minimum Gasteiger partial charge on any atom is -0.342 e. The standard InChI is InChI=1S/C19H24N4O2S/c20-19(9-3-4-10-19)18-21-17(25-22-18)14-7-1-2-8-15(14)26-13-16(24)23-11-5-6-12-23/h1-2,7-8H,3-6,9-13,20H2. The molecule has 1 saturated heterocycles. The maximum atomic E-state index is 12.3. The predicted molar refractivity (Wildman–Crippen MR) is 101 cm³/mol. The fourth-order valence-corrected chi connectivity index (χ4v) is 4.68. The Morgan fingerprint density at radius 2 is 1.92 bits per heavy atom. The normalized spacial score (nSPS) is 19.2. The Kier molecular flexibility index (Phi) is 5.00. The molecule has 4 rings (SSSR count). The summed E-state index contributed by atoms with van der Waals surface area (Å²) < 4.78 is 5.53. The first-order valence-electron chi connectivity index (χ1n) is 9.29. The van der Waals surface area contributed by atoms with E-state index in [9.17, 15) is 4.79 Å². The van der Waals surface area contributed by atoms with Gasteiger partial charge in [0.15, 0.2) is 5.82 Å². The van der Waals surface area contributed by atoms with Gasteiger partial charge in [-0.2, -0.15) is 4.98 Å². The molecule has 1 saturated carbocycles. The van der Waals surface area contributed by atoms with Crippen LogP contribution < -0.4 is 5.73 Å². The van der Waals surface area contributed by atoms with Crippen molar-refractivity contribution >= 4 is 17.7 Å². The number of hydrogen-bond acceptors (Lipinski definition) is 6. The van der Waals surface area contributed by atoms with Crippen LogP contribution in [0.3, 0.4) is 0 Å². The largest absolute Gasteiger partial charge is 0.342 e. The van der Waals surface area contributed by atoms with Gasteiger partial charge in [-0.15, -0.1) is 11.8 Å². The van der Waals surface area contributed by atoms with Crippen molar-refractivity contribution in [1.82, 2.24) is 15.0 Å². The van der Waals surface area contributed by atoms with Crippen LogP contribution in [0.1, 0.15) is 44.3 Å². The molecule has 0 radical (unpaired) electrons. The lowest BCUT2D eigenvalue weighted by Gasteiger charge is -2.17. The number of nitrogens with two attached hydrogens (primary N) is 1. The fourth-order valence-electron chi connectivity index (χ4n) is 3.73. The number of thioether (sulfide) groups is 1. The van der Waals surface area contributed by atoms with E-state index in [-0.39, 0.29) is 5.91 Å². The van der Waals surface area contributed by atoms with E-state index in [4.69, 9.17) is 10.3 Å². The van der Waals surface area contributed by atoms with Crippen molar-refractivity contribution in [1.29, 1.82) is 0 Å². The third kappa shape index (κ3) is 3.50. The average Bonchev–Trinajstić information content (AvgIpc) is 3.41. The van der Waals surface area contributed by atoms with Crippen LogP contribution in [-0.4, -0.2) is 39.8 Å². The lowest BCUT2D eigenvalue weighted by molar-refractivity contribution is -0.127. The van der Waals surface area contributed by atoms with E-state index in [1.807, 2.05) is 29.2 Å². The van der Waals surface area contributed by atoms with Gasteiger partial charge in [0.2, 0.25) is 5.91 Å². The molecular weight excluding hydrogens is 348 g/mol. The molecule has 1 amide bonds. The number of carbonyl (C=O) groups excluding carboxylic acids is 1. The first kappa shape index (κ1) is 17.5. The van der Waals surface area contributed by atoms with Gasteiger partial charge in [0.05, 0.1) is 16.9 Å². The van der Waals surface area contributed by atoms with Crippen LogP contribution in [-0.2, 0) is 10.3 Å². The summed E-state index contributed by atoms with van der Waals surface area (Å²) in [6.45, 7) is 1.76. The Balaban J connectivity index is 1.50. The van der Waals surface area contributed by atoms with Crippen molar-refractivity contribution in [2.24, 2.45) is 5.73 Å². The zero-order valence-electron chi connectivity index (χ0n) is 14.8. The molecule has 7 heteroatoms. The first-order valence-corrected chi connectivity index (χ1v) is 10.3. The van der Waals surface area contributed by atoms with Crippen LogP contribution in [0.25, 0.3) is 11.5 Å². The van der Waals surface area contributed by atoms with Crippen LogP contribution in [0.4, 0.5) is 0 Å². The van der Waals surface area contributed by atoms with Gasteiger partial charge in [-0.05, 0) is 37.8 Å². The highest BCUT2D eigenvalue weighted by Gasteiger charge is 2.36. The number of amides is 1. The summed E-state index contributed by atoms with van der Waals surface area (Å²) in [6.07, 6.45) is 6.22. The van der Waals surface area contributed by atoms with Gasteiger partial charge in [-0.25, -0.2) is 0 Å². The Hall–Kier alpha value is -1.86. The van der Waals surface area contributed by atoms with Gasteiger partial charge >= 0.3 is 0 Å². The highest BCUT2D eigenvalue weighted by atomic mass is 32.2. The lowest BCUT2D eigenvalue weighted by atomic mass is 9.99. The Labute approximate surface area is 157 Å². The second kappa shape index (κ2) is 7.40. The van der Waals surface area contributed by atoms with Gasteiger partial charge in [0.25, 0.3) is 5.89 Å². The minimum absolute atomic E-state index is 0.195. The number of nitrogens with zero attached hydrogens (tertiary/aromatic N) is 3. The first-order chi connectivity index (χ1) is 12.7. The van der Waals surface area contributed by atoms with E-state index < -0.39 is 5.54 Å². The van der Waals surface area contributed by atoms with Crippen molar-refractivity contribution in [2.75, 3.05) is 18.8 Å². The van der Waals surface area contributed by atoms with Crippen LogP contribution in [0, 0.1) is 0 Å². The smallest absolute Gasteiger partial charge is 0.259 e. The molecule has 1 aliphatic heterocycles. The maximum Gasteiger partial charge on any atom is 0.259 e. The van der Waals surface area contributed by atoms with E-state index >= 15 is 0 Å². The number of carbonyl (C=O) groups is 1. The van der Waals surface area contributed by atoms with Crippen LogP contribution >= 0.6 is 11.8 Å². The number of benzene rings is 1. The highest BCUT2D eigenvalue weighted by molar-refractivity contribution is 8.00. The monoisotopic (exact) mass is 372 g/mol. The second-order valence-electron chi connectivity index (χ2n) is 7.16. The summed E-state index contributed by atoms with van der Waals surface area (Å²) in [6, 6.07) is 7.86. The molecule has 2 heterocycles. The molecule has 1 aromatic carbocycles. The summed E-state index contributed by atoms with van der Waals surface area (Å²) in [5.41, 5.74) is 6.84. The number of likely N-dealkylation sites (tertiary alicyclic amines) is 1. The number of rotatable bonds is 5. The molecule has 0 bridgehead atoms. The van der Waals surface area contributed by atoms with Gasteiger partial charge in [-0.3, -0.25) is 4.79 Å². The Morgan fingerprint density at radius 3 is 2.69 bits per heavy atom. The molecule has 1 aromatic heterocycles. The quantitative estimate of drug-likeness (QED) is 0.812. The molecule has 138 valence electrons. The minimum atomic E-state index is -0.463. The summed E-state index contributed by atoms with van der Waals surface area (Å²) in [5, 5.41) is 4.15. The van der Waals surface area contributed by atoms with Gasteiger partial charge in [-0.1, -0.05) is 30.1 Å². The second-order valence-corrected chi connectivity index (χ2v) is 8.18. The van der Waals surface area contributed by atoms with Gasteiger partial charge in [0, 0.05) is 18.0 Å². The summed E-state index contributed by atoms with van der Waals surface area (Å²) in [7, 11) is 0. The zero-order chi connectivity index (χ0) is 18.0. The Bertz CT molecular complexity index is 779. The molecule has 2 N–H and O–H groups in total. The van der Waals surface area contributed by atoms with Crippen LogP contribution in [0.5, 0.6) is 0 Å². The molecule has 0 atom stereocenters. The highest BCUT2D eigenvalue weighted by Crippen LogP contribution is 2.37. The molecule has 1 aliphatic carbocycles. The molecule has 26 heavy (non-hydrogen) atoms. The summed E-state index contributed by atoms with van der Waals surface area (Å²) >= 11 is 1.53. The SMILES string of the molecule is NC1(c2noc(-c3ccccc3SCC(=O)N3CCCC3)n2)CCCC1. The summed E-state index contributed by atoms with van der Waals surface area (Å²) in [4.78, 5) is 19.8. The van der Waals surface area contributed by atoms with E-state index in [0.717, 1.165) is 62.1 Å². The molecule has 0 spiro atoms. The number of hydrogen-bond donors (Lipinski definition) is 1. The Morgan fingerprint density at radius 1 is 1.19 bits per heavy atom. The lowest BCUT2D eigenvalue weighted by Crippen LogP contribution is -2.34. The molecular formula is C19H24N4O2S. The molecule has 2 fully saturated rings. The van der Waals surface area contributed by atoms with Crippen molar-refractivity contribution in [3.8, 4) is 11.5 Å². The number of aromatic nitrogens is 2. The van der Waals surface area contributed by atoms with Crippen molar-refractivity contribution in [2.45, 2.75) is 49.0 Å². The zero-order valence-corrected chi connectivity index (χ0v) is 15.6. The maximum absolute atomic E-state index is 12.3.